The standard InChI is InChI=1S/C8H12N3O2/c1-3-9-7-6(10-5-11-7)8(12)13-4-2/h5,9H,3-4H2,1-2H3. The Balaban J connectivity index is 2.68. The van der Waals surface area contributed by atoms with Crippen LogP contribution in [0.2, 0.25) is 0 Å². The van der Waals surface area contributed by atoms with E-state index in [9.17, 15) is 4.79 Å². The molecule has 0 atom stereocenters. The number of carbonyl (C=O) groups excluding carboxylic acids is 1. The average molecular weight is 182 g/mol. The highest BCUT2D eigenvalue weighted by Gasteiger charge is 2.19. The molecule has 1 rings (SSSR count). The van der Waals surface area contributed by atoms with Crippen molar-refractivity contribution in [3.63, 3.8) is 0 Å². The molecule has 0 fully saturated rings. The van der Waals surface area contributed by atoms with E-state index in [0.717, 1.165) is 0 Å². The summed E-state index contributed by atoms with van der Waals surface area (Å²) >= 11 is 0. The van der Waals surface area contributed by atoms with E-state index in [0.29, 0.717) is 19.0 Å². The van der Waals surface area contributed by atoms with Crippen molar-refractivity contribution in [2.75, 3.05) is 13.2 Å². The molecule has 0 aliphatic carbocycles. The lowest BCUT2D eigenvalue weighted by atomic mass is 10.4. The molecule has 1 aliphatic heterocycles. The Morgan fingerprint density at radius 2 is 2.38 bits per heavy atom. The third-order valence-electron chi connectivity index (χ3n) is 1.41. The Morgan fingerprint density at radius 1 is 1.62 bits per heavy atom. The van der Waals surface area contributed by atoms with E-state index in [1.165, 1.54) is 6.34 Å². The summed E-state index contributed by atoms with van der Waals surface area (Å²) in [4.78, 5) is 15.0. The molecule has 1 N–H and O–H groups in total. The van der Waals surface area contributed by atoms with Gasteiger partial charge in [0.05, 0.1) is 6.61 Å². The molecule has 13 heavy (non-hydrogen) atoms. The fourth-order valence-electron chi connectivity index (χ4n) is 0.912. The van der Waals surface area contributed by atoms with Crippen molar-refractivity contribution >= 4 is 12.3 Å². The average Bonchev–Trinajstić information content (AvgIpc) is 2.54. The summed E-state index contributed by atoms with van der Waals surface area (Å²) in [7, 11) is 0. The second kappa shape index (κ2) is 4.49. The van der Waals surface area contributed by atoms with Crippen molar-refractivity contribution in [3.05, 3.63) is 11.5 Å². The minimum Gasteiger partial charge on any atom is -0.461 e. The monoisotopic (exact) mass is 182 g/mol. The third-order valence-corrected chi connectivity index (χ3v) is 1.41. The van der Waals surface area contributed by atoms with E-state index < -0.39 is 5.97 Å². The zero-order chi connectivity index (χ0) is 9.68. The highest BCUT2D eigenvalue weighted by atomic mass is 16.5. The van der Waals surface area contributed by atoms with Gasteiger partial charge in [0.25, 0.3) is 0 Å². The Morgan fingerprint density at radius 3 is 3.00 bits per heavy atom. The normalized spacial score (nSPS) is 14.3. The molecule has 1 radical (unpaired) electrons. The maximum absolute atomic E-state index is 11.2. The van der Waals surface area contributed by atoms with Gasteiger partial charge in [-0.2, -0.15) is 0 Å². The van der Waals surface area contributed by atoms with Crippen LogP contribution in [0.5, 0.6) is 0 Å². The number of aliphatic imine (C=N–C) groups is 1. The SMILES string of the molecule is CCNC1=C(C(=O)OCC)N=C[N]1. The van der Waals surface area contributed by atoms with E-state index >= 15 is 0 Å². The summed E-state index contributed by atoms with van der Waals surface area (Å²) in [6.45, 7) is 4.72. The predicted octanol–water partition coefficient (Wildman–Crippen LogP) is -0.0256. The first-order chi connectivity index (χ1) is 6.29. The van der Waals surface area contributed by atoms with Crippen LogP contribution >= 0.6 is 0 Å². The molecule has 1 aliphatic rings. The van der Waals surface area contributed by atoms with Crippen molar-refractivity contribution in [3.8, 4) is 0 Å². The highest BCUT2D eigenvalue weighted by Crippen LogP contribution is 2.08. The minimum atomic E-state index is -0.434. The molecular formula is C8H12N3O2. The van der Waals surface area contributed by atoms with Gasteiger partial charge in [-0.15, -0.1) is 0 Å². The van der Waals surface area contributed by atoms with Crippen molar-refractivity contribution in [1.82, 2.24) is 10.6 Å². The molecule has 0 bridgehead atoms. The first kappa shape index (κ1) is 9.57. The maximum atomic E-state index is 11.2. The van der Waals surface area contributed by atoms with Crippen LogP contribution in [-0.4, -0.2) is 25.5 Å². The molecule has 0 aromatic carbocycles. The lowest BCUT2D eigenvalue weighted by Gasteiger charge is -2.04. The Labute approximate surface area is 76.9 Å². The van der Waals surface area contributed by atoms with Crippen LogP contribution in [0.15, 0.2) is 16.5 Å². The molecule has 5 nitrogen and oxygen atoms in total. The van der Waals surface area contributed by atoms with E-state index in [1.54, 1.807) is 6.92 Å². The third kappa shape index (κ3) is 2.21. The molecule has 0 aromatic rings. The fourth-order valence-corrected chi connectivity index (χ4v) is 0.912. The van der Waals surface area contributed by atoms with Crippen LogP contribution in [0.25, 0.3) is 0 Å². The van der Waals surface area contributed by atoms with E-state index in [2.05, 4.69) is 15.6 Å². The van der Waals surface area contributed by atoms with Gasteiger partial charge in [0.15, 0.2) is 11.5 Å². The zero-order valence-corrected chi connectivity index (χ0v) is 7.70. The number of nitrogens with one attached hydrogen (secondary N) is 1. The molecule has 0 unspecified atom stereocenters. The largest absolute Gasteiger partial charge is 0.461 e. The van der Waals surface area contributed by atoms with Crippen molar-refractivity contribution in [2.24, 2.45) is 4.99 Å². The van der Waals surface area contributed by atoms with Crippen molar-refractivity contribution in [2.45, 2.75) is 13.8 Å². The number of carbonyl (C=O) groups is 1. The second-order valence-electron chi connectivity index (χ2n) is 2.32. The first-order valence-electron chi connectivity index (χ1n) is 4.18. The van der Waals surface area contributed by atoms with E-state index in [-0.39, 0.29) is 5.70 Å². The molecule has 5 heteroatoms. The van der Waals surface area contributed by atoms with Crippen molar-refractivity contribution in [1.29, 1.82) is 0 Å². The van der Waals surface area contributed by atoms with E-state index in [1.807, 2.05) is 6.92 Å². The Kier molecular flexibility index (Phi) is 3.31. The van der Waals surface area contributed by atoms with Gasteiger partial charge in [0.1, 0.15) is 6.34 Å². The number of hydrogen-bond donors (Lipinski definition) is 1. The summed E-state index contributed by atoms with van der Waals surface area (Å²) in [5, 5.41) is 6.81. The van der Waals surface area contributed by atoms with Crippen LogP contribution < -0.4 is 10.6 Å². The molecule has 1 heterocycles. The number of hydrogen-bond acceptors (Lipinski definition) is 4. The summed E-state index contributed by atoms with van der Waals surface area (Å²) in [6.07, 6.45) is 1.34. The number of nitrogens with zero attached hydrogens (tertiary/aromatic N) is 2. The van der Waals surface area contributed by atoms with Crippen molar-refractivity contribution < 1.29 is 9.53 Å². The number of ether oxygens (including phenoxy) is 1. The molecule has 0 spiro atoms. The number of esters is 1. The minimum absolute atomic E-state index is 0.253. The van der Waals surface area contributed by atoms with Crippen LogP contribution in [0.4, 0.5) is 0 Å². The smallest absolute Gasteiger partial charge is 0.360 e. The van der Waals surface area contributed by atoms with Crippen LogP contribution in [0, 0.1) is 0 Å². The van der Waals surface area contributed by atoms with Gasteiger partial charge in [-0.25, -0.2) is 15.1 Å². The topological polar surface area (TPSA) is 64.8 Å². The van der Waals surface area contributed by atoms with Gasteiger partial charge >= 0.3 is 5.97 Å². The van der Waals surface area contributed by atoms with Gasteiger partial charge in [0, 0.05) is 6.54 Å². The Hall–Kier alpha value is -1.52. The highest BCUT2D eigenvalue weighted by molar-refractivity contribution is 5.92. The fraction of sp³-hybridized carbons (Fsp3) is 0.500. The van der Waals surface area contributed by atoms with Gasteiger partial charge in [-0.05, 0) is 13.8 Å². The number of rotatable bonds is 4. The summed E-state index contributed by atoms with van der Waals surface area (Å²) in [5.41, 5.74) is 0.253. The van der Waals surface area contributed by atoms with E-state index in [4.69, 9.17) is 4.74 Å². The lowest BCUT2D eigenvalue weighted by molar-refractivity contribution is -0.138. The van der Waals surface area contributed by atoms with Crippen LogP contribution in [-0.2, 0) is 9.53 Å². The molecule has 0 amide bonds. The summed E-state index contributed by atoms with van der Waals surface area (Å²) in [6, 6.07) is 0. The Bertz CT molecular complexity index is 258. The lowest BCUT2D eigenvalue weighted by Crippen LogP contribution is -2.21. The quantitative estimate of drug-likeness (QED) is 0.621. The summed E-state index contributed by atoms with van der Waals surface area (Å²) < 4.78 is 4.79. The van der Waals surface area contributed by atoms with Crippen LogP contribution in [0.3, 0.4) is 0 Å². The second-order valence-corrected chi connectivity index (χ2v) is 2.32. The summed E-state index contributed by atoms with van der Waals surface area (Å²) in [5.74, 6) is 0.0527. The van der Waals surface area contributed by atoms with Gasteiger partial charge in [-0.1, -0.05) is 0 Å². The molecule has 0 aromatic heterocycles. The van der Waals surface area contributed by atoms with Crippen LogP contribution in [0.1, 0.15) is 13.8 Å². The van der Waals surface area contributed by atoms with Gasteiger partial charge in [-0.3, -0.25) is 0 Å². The molecule has 0 saturated carbocycles. The zero-order valence-electron chi connectivity index (χ0n) is 7.70. The molecule has 0 saturated heterocycles. The maximum Gasteiger partial charge on any atom is 0.360 e. The molecular weight excluding hydrogens is 170 g/mol. The van der Waals surface area contributed by atoms with Gasteiger partial charge < -0.3 is 10.1 Å². The van der Waals surface area contributed by atoms with Gasteiger partial charge in [0.2, 0.25) is 0 Å². The first-order valence-corrected chi connectivity index (χ1v) is 4.18. The molecule has 71 valence electrons. The predicted molar refractivity (Wildman–Crippen MR) is 48.0 cm³/mol.